The van der Waals surface area contributed by atoms with Crippen molar-refractivity contribution < 1.29 is 19.1 Å². The van der Waals surface area contributed by atoms with Crippen LogP contribution in [0.1, 0.15) is 15.9 Å². The van der Waals surface area contributed by atoms with E-state index >= 15 is 0 Å². The predicted octanol–water partition coefficient (Wildman–Crippen LogP) is 3.61. The Bertz CT molecular complexity index is 924. The van der Waals surface area contributed by atoms with Crippen LogP contribution in [0.15, 0.2) is 54.7 Å². The normalized spacial score (nSPS) is 10.9. The van der Waals surface area contributed by atoms with Crippen molar-refractivity contribution in [3.63, 3.8) is 0 Å². The second kappa shape index (κ2) is 6.83. The van der Waals surface area contributed by atoms with Crippen LogP contribution in [0.2, 0.25) is 0 Å². The van der Waals surface area contributed by atoms with Crippen LogP contribution in [0.3, 0.4) is 0 Å². The van der Waals surface area contributed by atoms with Crippen LogP contribution in [-0.4, -0.2) is 24.3 Å². The summed E-state index contributed by atoms with van der Waals surface area (Å²) >= 11 is 0. The highest BCUT2D eigenvalue weighted by atomic mass is 16.6. The van der Waals surface area contributed by atoms with Crippen molar-refractivity contribution in [2.75, 3.05) is 7.11 Å². The van der Waals surface area contributed by atoms with Gasteiger partial charge in [-0.3, -0.25) is 4.79 Å². The van der Waals surface area contributed by atoms with Gasteiger partial charge >= 0.3 is 5.97 Å². The molecule has 0 radical (unpaired) electrons. The third-order valence-electron chi connectivity index (χ3n) is 3.55. The summed E-state index contributed by atoms with van der Waals surface area (Å²) in [6.07, 6.45) is 5.51. The van der Waals surface area contributed by atoms with Crippen molar-refractivity contribution in [1.29, 1.82) is 0 Å². The number of nitrogens with one attached hydrogen (secondary N) is 1. The van der Waals surface area contributed by atoms with Gasteiger partial charge in [0, 0.05) is 34.3 Å². The number of carbonyl (C=O) groups excluding carboxylic acids is 2. The number of aldehydes is 1. The first-order valence-electron chi connectivity index (χ1n) is 7.30. The van der Waals surface area contributed by atoms with Crippen LogP contribution in [0.5, 0.6) is 11.5 Å². The van der Waals surface area contributed by atoms with Gasteiger partial charge < -0.3 is 14.5 Å². The molecule has 0 amide bonds. The number of hydrogen-bond acceptors (Lipinski definition) is 4. The number of H-pyrrole nitrogens is 1. The van der Waals surface area contributed by atoms with E-state index in [2.05, 4.69) is 4.98 Å². The summed E-state index contributed by atoms with van der Waals surface area (Å²) in [5.74, 6) is 0.0340. The molecule has 5 heteroatoms. The Kier molecular flexibility index (Phi) is 4.43. The lowest BCUT2D eigenvalue weighted by molar-refractivity contribution is -0.129. The number of carbonyl (C=O) groups is 2. The van der Waals surface area contributed by atoms with Crippen LogP contribution >= 0.6 is 0 Å². The quantitative estimate of drug-likeness (QED) is 0.337. The van der Waals surface area contributed by atoms with Gasteiger partial charge in [0.1, 0.15) is 6.29 Å². The zero-order chi connectivity index (χ0) is 16.9. The minimum Gasteiger partial charge on any atom is -0.493 e. The Hall–Kier alpha value is -3.34. The van der Waals surface area contributed by atoms with Gasteiger partial charge in [0.15, 0.2) is 11.5 Å². The van der Waals surface area contributed by atoms with Gasteiger partial charge in [-0.2, -0.15) is 0 Å². The SMILES string of the molecule is COc1ccc(C=O)cc1OC(=O)/C=C/c1c[nH]c2ccccc12. The molecule has 0 aliphatic carbocycles. The molecule has 0 fully saturated rings. The molecule has 5 nitrogen and oxygen atoms in total. The Morgan fingerprint density at radius 3 is 2.75 bits per heavy atom. The first-order valence-corrected chi connectivity index (χ1v) is 7.30. The second-order valence-corrected chi connectivity index (χ2v) is 5.07. The molecule has 0 atom stereocenters. The van der Waals surface area contributed by atoms with Crippen molar-refractivity contribution in [2.24, 2.45) is 0 Å². The number of fused-ring (bicyclic) bond motifs is 1. The highest BCUT2D eigenvalue weighted by Crippen LogP contribution is 2.28. The number of esters is 1. The zero-order valence-electron chi connectivity index (χ0n) is 13.0. The number of ether oxygens (including phenoxy) is 2. The highest BCUT2D eigenvalue weighted by Gasteiger charge is 2.09. The molecule has 3 aromatic rings. The maximum Gasteiger partial charge on any atom is 0.336 e. The Morgan fingerprint density at radius 2 is 1.96 bits per heavy atom. The van der Waals surface area contributed by atoms with Gasteiger partial charge in [-0.1, -0.05) is 18.2 Å². The van der Waals surface area contributed by atoms with Crippen LogP contribution in [-0.2, 0) is 4.79 Å². The molecule has 0 aliphatic rings. The van der Waals surface area contributed by atoms with E-state index in [1.165, 1.54) is 19.3 Å². The van der Waals surface area contributed by atoms with Crippen molar-refractivity contribution >= 4 is 29.2 Å². The molecule has 0 saturated carbocycles. The van der Waals surface area contributed by atoms with E-state index in [-0.39, 0.29) is 5.75 Å². The standard InChI is InChI=1S/C19H15NO4/c1-23-17-8-6-13(12-21)10-18(17)24-19(22)9-7-14-11-20-16-5-3-2-4-15(14)16/h2-12,20H,1H3/b9-7+. The second-order valence-electron chi connectivity index (χ2n) is 5.07. The molecule has 0 aliphatic heterocycles. The lowest BCUT2D eigenvalue weighted by Gasteiger charge is -2.08. The Morgan fingerprint density at radius 1 is 1.12 bits per heavy atom. The van der Waals surface area contributed by atoms with Gasteiger partial charge in [-0.05, 0) is 30.3 Å². The third kappa shape index (κ3) is 3.20. The lowest BCUT2D eigenvalue weighted by atomic mass is 10.1. The molecule has 1 heterocycles. The minimum absolute atomic E-state index is 0.204. The molecule has 0 saturated heterocycles. The number of aromatic nitrogens is 1. The Labute approximate surface area is 138 Å². The summed E-state index contributed by atoms with van der Waals surface area (Å²) in [4.78, 5) is 26.0. The molecular weight excluding hydrogens is 306 g/mol. The number of methoxy groups -OCH3 is 1. The maximum absolute atomic E-state index is 12.0. The van der Waals surface area contributed by atoms with E-state index in [0.717, 1.165) is 16.5 Å². The summed E-state index contributed by atoms with van der Waals surface area (Å²) in [5.41, 5.74) is 2.28. The fourth-order valence-electron chi connectivity index (χ4n) is 2.38. The summed E-state index contributed by atoms with van der Waals surface area (Å²) in [6.45, 7) is 0. The lowest BCUT2D eigenvalue weighted by Crippen LogP contribution is -2.05. The smallest absolute Gasteiger partial charge is 0.336 e. The molecule has 120 valence electrons. The molecule has 24 heavy (non-hydrogen) atoms. The number of rotatable bonds is 5. The Balaban J connectivity index is 1.79. The van der Waals surface area contributed by atoms with Crippen LogP contribution in [0.4, 0.5) is 0 Å². The zero-order valence-corrected chi connectivity index (χ0v) is 13.0. The summed E-state index contributed by atoms with van der Waals surface area (Å²) in [7, 11) is 1.47. The number of hydrogen-bond donors (Lipinski definition) is 1. The average Bonchev–Trinajstić information content (AvgIpc) is 3.03. The van der Waals surface area contributed by atoms with E-state index in [1.54, 1.807) is 18.2 Å². The van der Waals surface area contributed by atoms with Crippen LogP contribution in [0, 0.1) is 0 Å². The van der Waals surface area contributed by atoms with E-state index in [4.69, 9.17) is 9.47 Å². The van der Waals surface area contributed by atoms with Gasteiger partial charge in [0.05, 0.1) is 7.11 Å². The van der Waals surface area contributed by atoms with Crippen LogP contribution < -0.4 is 9.47 Å². The minimum atomic E-state index is -0.554. The molecule has 0 unspecified atom stereocenters. The number of aromatic amines is 1. The van der Waals surface area contributed by atoms with E-state index in [0.29, 0.717) is 17.6 Å². The van der Waals surface area contributed by atoms with Crippen molar-refractivity contribution in [1.82, 2.24) is 4.98 Å². The number of benzene rings is 2. The summed E-state index contributed by atoms with van der Waals surface area (Å²) in [6, 6.07) is 12.4. The molecule has 3 rings (SSSR count). The molecule has 1 N–H and O–H groups in total. The fourth-order valence-corrected chi connectivity index (χ4v) is 2.38. The maximum atomic E-state index is 12.0. The topological polar surface area (TPSA) is 68.4 Å². The summed E-state index contributed by atoms with van der Waals surface area (Å²) in [5, 5.41) is 1.02. The first-order chi connectivity index (χ1) is 11.7. The van der Waals surface area contributed by atoms with Gasteiger partial charge in [-0.15, -0.1) is 0 Å². The third-order valence-corrected chi connectivity index (χ3v) is 3.55. The molecule has 1 aromatic heterocycles. The summed E-state index contributed by atoms with van der Waals surface area (Å²) < 4.78 is 10.4. The highest BCUT2D eigenvalue weighted by molar-refractivity contribution is 5.94. The van der Waals surface area contributed by atoms with E-state index in [9.17, 15) is 9.59 Å². The fraction of sp³-hybridized carbons (Fsp3) is 0.0526. The number of para-hydroxylation sites is 1. The van der Waals surface area contributed by atoms with E-state index in [1.807, 2.05) is 30.5 Å². The van der Waals surface area contributed by atoms with Crippen molar-refractivity contribution in [3.05, 3.63) is 65.9 Å². The van der Waals surface area contributed by atoms with Crippen molar-refractivity contribution in [3.8, 4) is 11.5 Å². The van der Waals surface area contributed by atoms with Gasteiger partial charge in [0.25, 0.3) is 0 Å². The molecular formula is C19H15NO4. The van der Waals surface area contributed by atoms with E-state index < -0.39 is 5.97 Å². The monoisotopic (exact) mass is 321 g/mol. The molecule has 0 spiro atoms. The van der Waals surface area contributed by atoms with Crippen molar-refractivity contribution in [2.45, 2.75) is 0 Å². The molecule has 2 aromatic carbocycles. The van der Waals surface area contributed by atoms with Gasteiger partial charge in [-0.25, -0.2) is 4.79 Å². The first kappa shape index (κ1) is 15.6. The average molecular weight is 321 g/mol. The molecule has 0 bridgehead atoms. The predicted molar refractivity (Wildman–Crippen MR) is 91.3 cm³/mol. The largest absolute Gasteiger partial charge is 0.493 e. The van der Waals surface area contributed by atoms with Crippen LogP contribution in [0.25, 0.3) is 17.0 Å². The van der Waals surface area contributed by atoms with Gasteiger partial charge in [0.2, 0.25) is 0 Å².